The van der Waals surface area contributed by atoms with Gasteiger partial charge < -0.3 is 20.3 Å². The highest BCUT2D eigenvalue weighted by atomic mass is 16.5. The van der Waals surface area contributed by atoms with Gasteiger partial charge in [0.1, 0.15) is 0 Å². The van der Waals surface area contributed by atoms with E-state index in [2.05, 4.69) is 29.5 Å². The van der Waals surface area contributed by atoms with E-state index in [9.17, 15) is 4.79 Å². The van der Waals surface area contributed by atoms with Crippen molar-refractivity contribution in [2.45, 2.75) is 27.3 Å². The molecule has 6 heteroatoms. The summed E-state index contributed by atoms with van der Waals surface area (Å²) in [5.74, 6) is 1.32. The van der Waals surface area contributed by atoms with Gasteiger partial charge in [-0.25, -0.2) is 4.99 Å². The Kier molecular flexibility index (Phi) is 9.62. The smallest absolute Gasteiger partial charge is 0.253 e. The van der Waals surface area contributed by atoms with Crippen molar-refractivity contribution in [1.29, 1.82) is 0 Å². The number of hydrogen-bond acceptors (Lipinski definition) is 3. The average molecular weight is 348 g/mol. The lowest BCUT2D eigenvalue weighted by atomic mass is 10.1. The summed E-state index contributed by atoms with van der Waals surface area (Å²) in [6.45, 7) is 9.81. The molecule has 0 atom stereocenters. The monoisotopic (exact) mass is 348 g/mol. The minimum atomic E-state index is 0.00598. The van der Waals surface area contributed by atoms with Crippen LogP contribution in [0.4, 0.5) is 0 Å². The minimum absolute atomic E-state index is 0.00598. The highest BCUT2D eigenvalue weighted by molar-refractivity contribution is 5.93. The SMILES string of the molecule is CCNC(=NCc1ccc(C(=O)N(C)C)cc1)NCCOCC(C)C. The summed E-state index contributed by atoms with van der Waals surface area (Å²) in [6.07, 6.45) is 0. The van der Waals surface area contributed by atoms with E-state index >= 15 is 0 Å². The van der Waals surface area contributed by atoms with Crippen molar-refractivity contribution in [2.75, 3.05) is 40.4 Å². The maximum atomic E-state index is 11.9. The fourth-order valence-corrected chi connectivity index (χ4v) is 2.08. The van der Waals surface area contributed by atoms with Gasteiger partial charge in [-0.3, -0.25) is 4.79 Å². The lowest BCUT2D eigenvalue weighted by molar-refractivity contribution is 0.0827. The predicted octanol–water partition coefficient (Wildman–Crippen LogP) is 2.12. The number of aliphatic imine (C=N–C) groups is 1. The van der Waals surface area contributed by atoms with Gasteiger partial charge in [0.2, 0.25) is 0 Å². The van der Waals surface area contributed by atoms with Crippen LogP contribution >= 0.6 is 0 Å². The second kappa shape index (κ2) is 11.5. The Balaban J connectivity index is 2.51. The average Bonchev–Trinajstić information content (AvgIpc) is 2.58. The van der Waals surface area contributed by atoms with Crippen molar-refractivity contribution in [3.63, 3.8) is 0 Å². The Labute approximate surface area is 151 Å². The van der Waals surface area contributed by atoms with Crippen LogP contribution in [0.25, 0.3) is 0 Å². The number of hydrogen-bond donors (Lipinski definition) is 2. The first-order chi connectivity index (χ1) is 11.9. The molecule has 0 saturated carbocycles. The number of benzene rings is 1. The van der Waals surface area contributed by atoms with Gasteiger partial charge in [-0.1, -0.05) is 26.0 Å². The number of carbonyl (C=O) groups excluding carboxylic acids is 1. The first-order valence-corrected chi connectivity index (χ1v) is 8.84. The summed E-state index contributed by atoms with van der Waals surface area (Å²) < 4.78 is 5.56. The zero-order valence-electron chi connectivity index (χ0n) is 16.1. The van der Waals surface area contributed by atoms with Crippen LogP contribution in [-0.4, -0.2) is 57.2 Å². The fourth-order valence-electron chi connectivity index (χ4n) is 2.08. The summed E-state index contributed by atoms with van der Waals surface area (Å²) in [5.41, 5.74) is 1.74. The third kappa shape index (κ3) is 8.54. The molecule has 25 heavy (non-hydrogen) atoms. The number of guanidine groups is 1. The van der Waals surface area contributed by atoms with Crippen LogP contribution in [0.2, 0.25) is 0 Å². The molecule has 0 aliphatic rings. The lowest BCUT2D eigenvalue weighted by Crippen LogP contribution is -2.39. The first kappa shape index (κ1) is 21.0. The van der Waals surface area contributed by atoms with Crippen molar-refractivity contribution in [3.05, 3.63) is 35.4 Å². The van der Waals surface area contributed by atoms with Gasteiger partial charge in [-0.05, 0) is 30.5 Å². The van der Waals surface area contributed by atoms with Crippen molar-refractivity contribution in [3.8, 4) is 0 Å². The number of rotatable bonds is 9. The van der Waals surface area contributed by atoms with Crippen LogP contribution in [0, 0.1) is 5.92 Å². The van der Waals surface area contributed by atoms with Gasteiger partial charge in [0.15, 0.2) is 5.96 Å². The second-order valence-electron chi connectivity index (χ2n) is 6.49. The quantitative estimate of drug-likeness (QED) is 0.408. The molecule has 0 spiro atoms. The van der Waals surface area contributed by atoms with Gasteiger partial charge in [-0.15, -0.1) is 0 Å². The largest absolute Gasteiger partial charge is 0.379 e. The number of nitrogens with zero attached hydrogens (tertiary/aromatic N) is 2. The predicted molar refractivity (Wildman–Crippen MR) is 103 cm³/mol. The summed E-state index contributed by atoms with van der Waals surface area (Å²) in [6, 6.07) is 7.56. The summed E-state index contributed by atoms with van der Waals surface area (Å²) >= 11 is 0. The van der Waals surface area contributed by atoms with Crippen LogP contribution in [0.1, 0.15) is 36.7 Å². The Bertz CT molecular complexity index is 539. The maximum Gasteiger partial charge on any atom is 0.253 e. The zero-order chi connectivity index (χ0) is 18.7. The van der Waals surface area contributed by atoms with E-state index in [1.807, 2.05) is 31.2 Å². The van der Waals surface area contributed by atoms with Crippen LogP contribution in [0.5, 0.6) is 0 Å². The fraction of sp³-hybridized carbons (Fsp3) is 0.579. The molecule has 1 amide bonds. The summed E-state index contributed by atoms with van der Waals surface area (Å²) in [4.78, 5) is 18.0. The summed E-state index contributed by atoms with van der Waals surface area (Å²) in [5, 5.41) is 6.48. The zero-order valence-corrected chi connectivity index (χ0v) is 16.1. The molecule has 0 unspecified atom stereocenters. The molecule has 0 aromatic heterocycles. The van der Waals surface area contributed by atoms with Gasteiger partial charge in [-0.2, -0.15) is 0 Å². The Morgan fingerprint density at radius 3 is 2.44 bits per heavy atom. The van der Waals surface area contributed by atoms with Gasteiger partial charge in [0, 0.05) is 39.4 Å². The lowest BCUT2D eigenvalue weighted by Gasteiger charge is -2.12. The Morgan fingerprint density at radius 1 is 1.20 bits per heavy atom. The molecule has 0 fully saturated rings. The standard InChI is InChI=1S/C19H32N4O2/c1-6-20-19(21-11-12-25-14-15(2)3)22-13-16-7-9-17(10-8-16)18(24)23(4)5/h7-10,15H,6,11-14H2,1-5H3,(H2,20,21,22). The molecule has 0 aliphatic carbocycles. The van der Waals surface area contributed by atoms with E-state index in [0.717, 1.165) is 31.2 Å². The number of amides is 1. The molecule has 0 heterocycles. The van der Waals surface area contributed by atoms with E-state index in [1.165, 1.54) is 0 Å². The van der Waals surface area contributed by atoms with Crippen molar-refractivity contribution in [2.24, 2.45) is 10.9 Å². The minimum Gasteiger partial charge on any atom is -0.379 e. The normalized spacial score (nSPS) is 11.5. The third-order valence-electron chi connectivity index (χ3n) is 3.36. The molecule has 0 saturated heterocycles. The van der Waals surface area contributed by atoms with E-state index in [-0.39, 0.29) is 5.91 Å². The van der Waals surface area contributed by atoms with Gasteiger partial charge in [0.05, 0.1) is 13.2 Å². The first-order valence-electron chi connectivity index (χ1n) is 8.84. The van der Waals surface area contributed by atoms with Crippen molar-refractivity contribution >= 4 is 11.9 Å². The molecule has 1 aromatic rings. The number of carbonyl (C=O) groups is 1. The number of nitrogens with one attached hydrogen (secondary N) is 2. The van der Waals surface area contributed by atoms with Crippen molar-refractivity contribution in [1.82, 2.24) is 15.5 Å². The van der Waals surface area contributed by atoms with E-state index < -0.39 is 0 Å². The van der Waals surface area contributed by atoms with Crippen LogP contribution in [0.15, 0.2) is 29.3 Å². The molecule has 0 radical (unpaired) electrons. The Morgan fingerprint density at radius 2 is 1.88 bits per heavy atom. The number of ether oxygens (including phenoxy) is 1. The van der Waals surface area contributed by atoms with Crippen LogP contribution in [-0.2, 0) is 11.3 Å². The summed E-state index contributed by atoms with van der Waals surface area (Å²) in [7, 11) is 3.50. The molecule has 1 aromatic carbocycles. The van der Waals surface area contributed by atoms with Gasteiger partial charge in [0.25, 0.3) is 5.91 Å². The maximum absolute atomic E-state index is 11.9. The Hall–Kier alpha value is -2.08. The molecular weight excluding hydrogens is 316 g/mol. The van der Waals surface area contributed by atoms with Crippen molar-refractivity contribution < 1.29 is 9.53 Å². The second-order valence-corrected chi connectivity index (χ2v) is 6.49. The molecule has 6 nitrogen and oxygen atoms in total. The van der Waals surface area contributed by atoms with Crippen LogP contribution < -0.4 is 10.6 Å². The molecule has 0 bridgehead atoms. The molecule has 1 rings (SSSR count). The van der Waals surface area contributed by atoms with E-state index in [1.54, 1.807) is 19.0 Å². The molecule has 140 valence electrons. The highest BCUT2D eigenvalue weighted by Gasteiger charge is 2.07. The molecular formula is C19H32N4O2. The topological polar surface area (TPSA) is 66.0 Å². The third-order valence-corrected chi connectivity index (χ3v) is 3.36. The van der Waals surface area contributed by atoms with E-state index in [0.29, 0.717) is 24.6 Å². The van der Waals surface area contributed by atoms with E-state index in [4.69, 9.17) is 4.74 Å². The molecule has 2 N–H and O–H groups in total. The highest BCUT2D eigenvalue weighted by Crippen LogP contribution is 2.07. The van der Waals surface area contributed by atoms with Gasteiger partial charge >= 0.3 is 0 Å². The van der Waals surface area contributed by atoms with Crippen LogP contribution in [0.3, 0.4) is 0 Å². The molecule has 0 aliphatic heterocycles.